The molecule has 2 amide bonds. The number of aromatic nitrogens is 3. The highest BCUT2D eigenvalue weighted by atomic mass is 35.5. The number of nitrogens with zero attached hydrogens (tertiary/aromatic N) is 6. The fourth-order valence-corrected chi connectivity index (χ4v) is 11.4. The summed E-state index contributed by atoms with van der Waals surface area (Å²) < 4.78 is 65.5. The number of benzene rings is 3. The number of fused-ring (bicyclic) bond motifs is 4. The van der Waals surface area contributed by atoms with E-state index < -0.39 is 59.7 Å². The molecule has 0 N–H and O–H groups in total. The van der Waals surface area contributed by atoms with Gasteiger partial charge < -0.3 is 42.8 Å². The normalized spacial score (nSPS) is 21.8. The predicted octanol–water partition coefficient (Wildman–Crippen LogP) is 11.5. The quantitative estimate of drug-likeness (QED) is 0.0901. The van der Waals surface area contributed by atoms with Crippen LogP contribution < -0.4 is 14.2 Å². The van der Waals surface area contributed by atoms with Crippen molar-refractivity contribution >= 4 is 63.3 Å². The molecule has 5 fully saturated rings. The van der Waals surface area contributed by atoms with Gasteiger partial charge in [-0.2, -0.15) is 5.26 Å². The maximum Gasteiger partial charge on any atom is 0.410 e. The van der Waals surface area contributed by atoms with Crippen LogP contribution in [0.1, 0.15) is 101 Å². The Bertz CT molecular complexity index is 3210. The highest BCUT2D eigenvalue weighted by Crippen LogP contribution is 2.55. The lowest BCUT2D eigenvalue weighted by Crippen LogP contribution is -2.46. The molecule has 0 unspecified atom stereocenters. The Labute approximate surface area is 431 Å². The van der Waals surface area contributed by atoms with Gasteiger partial charge in [-0.25, -0.2) is 23.5 Å². The third kappa shape index (κ3) is 9.18. The summed E-state index contributed by atoms with van der Waals surface area (Å²) in [7, 11) is 2.98. The van der Waals surface area contributed by atoms with E-state index in [1.807, 2.05) is 64.1 Å². The van der Waals surface area contributed by atoms with Crippen LogP contribution in [0.15, 0.2) is 66.9 Å². The van der Waals surface area contributed by atoms with Crippen LogP contribution in [-0.4, -0.2) is 87.2 Å². The molecule has 3 saturated heterocycles. The average Bonchev–Trinajstić information content (AvgIpc) is 3.65. The lowest BCUT2D eigenvalue weighted by Gasteiger charge is -2.41. The first-order valence-corrected chi connectivity index (χ1v) is 25.2. The van der Waals surface area contributed by atoms with E-state index in [9.17, 15) is 19.6 Å². The van der Waals surface area contributed by atoms with Crippen LogP contribution in [0.4, 0.5) is 13.6 Å². The first kappa shape index (κ1) is 50.0. The first-order valence-electron chi connectivity index (χ1n) is 24.4. The first-order chi connectivity index (χ1) is 35.0. The van der Waals surface area contributed by atoms with E-state index in [0.29, 0.717) is 76.6 Å². The minimum atomic E-state index is -1.15. The molecule has 73 heavy (non-hydrogen) atoms. The van der Waals surface area contributed by atoms with Gasteiger partial charge in [-0.15, -0.1) is 0 Å². The number of carbonyl (C=O) groups excluding carboxylic acids is 3. The molecule has 14 nitrogen and oxygen atoms in total. The number of aryl methyl sites for hydroxylation is 1. The Morgan fingerprint density at radius 2 is 1.78 bits per heavy atom. The molecule has 0 radical (unpaired) electrons. The van der Waals surface area contributed by atoms with E-state index >= 15 is 8.78 Å². The summed E-state index contributed by atoms with van der Waals surface area (Å²) >= 11 is 13.4. The number of nitriles is 1. The van der Waals surface area contributed by atoms with E-state index in [1.165, 1.54) is 13.2 Å². The number of aldehydes is 1. The zero-order chi connectivity index (χ0) is 51.6. The van der Waals surface area contributed by atoms with Gasteiger partial charge in [0.2, 0.25) is 11.8 Å². The van der Waals surface area contributed by atoms with Crippen LogP contribution >= 0.6 is 23.2 Å². The molecule has 7 atom stereocenters. The van der Waals surface area contributed by atoms with Crippen LogP contribution in [0.3, 0.4) is 0 Å². The third-order valence-electron chi connectivity index (χ3n) is 14.5. The summed E-state index contributed by atoms with van der Waals surface area (Å²) in [4.78, 5) is 54.7. The topological polar surface area (TPSA) is 158 Å². The summed E-state index contributed by atoms with van der Waals surface area (Å²) in [5.74, 6) is -1.63. The molecular weight excluding hydrogens is 982 g/mol. The van der Waals surface area contributed by atoms with Crippen LogP contribution in [-0.2, 0) is 32.1 Å². The maximum atomic E-state index is 18.3. The molecule has 6 aromatic rings. The average molecular weight is 1040 g/mol. The number of rotatable bonds is 15. The largest absolute Gasteiger partial charge is 0.497 e. The van der Waals surface area contributed by atoms with Gasteiger partial charge in [-0.1, -0.05) is 47.5 Å². The van der Waals surface area contributed by atoms with Gasteiger partial charge in [0.05, 0.1) is 78.6 Å². The van der Waals surface area contributed by atoms with Crippen molar-refractivity contribution in [3.05, 3.63) is 111 Å². The van der Waals surface area contributed by atoms with Crippen molar-refractivity contribution < 1.29 is 46.8 Å². The molecule has 18 heteroatoms. The van der Waals surface area contributed by atoms with Crippen LogP contribution in [0.5, 0.6) is 17.4 Å². The lowest BCUT2D eigenvalue weighted by molar-refractivity contribution is -0.139. The fraction of sp³-hybridized carbons (Fsp3) is 0.418. The van der Waals surface area contributed by atoms with Crippen molar-refractivity contribution in [3.8, 4) is 34.6 Å². The highest BCUT2D eigenvalue weighted by molar-refractivity contribution is 6.43. The van der Waals surface area contributed by atoms with Gasteiger partial charge in [-0.3, -0.25) is 4.79 Å². The van der Waals surface area contributed by atoms with E-state index in [0.717, 1.165) is 11.8 Å². The second-order valence-corrected chi connectivity index (χ2v) is 21.1. The number of amides is 2. The summed E-state index contributed by atoms with van der Waals surface area (Å²) in [5.41, 5.74) is 2.51. The molecule has 3 aliphatic heterocycles. The lowest BCUT2D eigenvalue weighted by atomic mass is 9.79. The van der Waals surface area contributed by atoms with E-state index in [-0.39, 0.29) is 76.4 Å². The standard InChI is InChI=1S/C55H54Cl2F2N6O8/c1-28(71-27-29-12-16-33(69-5)17-13-29)49-36-21-39(40-22-44(42(26-66)64(40)53(67)30-14-15-30)72-43-23-45(70-6)61-24-38(43)58)65(51-32-20-41(51)63(25-32)54(68)73-55(2,3)4)52(36)35-19-31(9-8-18-60)46(48(59)50(35)62-49)34-10-7-11-37(56)47(34)57/h7,10-13,16-17,19,21,23-24,26,28,30,32,40-42,44,51H,8-9,14-15,20,22,25,27H2,1-6H3/t28-,32-,40-,41-,42-,44+,51+/m1/s1. The van der Waals surface area contributed by atoms with Crippen LogP contribution in [0.25, 0.3) is 32.9 Å². The van der Waals surface area contributed by atoms with E-state index in [4.69, 9.17) is 51.9 Å². The number of ether oxygens (including phenoxy) is 5. The maximum absolute atomic E-state index is 18.3. The van der Waals surface area contributed by atoms with Crippen molar-refractivity contribution in [3.63, 3.8) is 0 Å². The SMILES string of the molecule is COc1ccc(CO[C@H](C)c2nc3c(F)c(-c4cccc(Cl)c4Cl)c(CCC#N)cc3c3c2cc([C@H]2C[C@H](Oc4cc(OC)ncc4F)[C@@H](C=O)N2C(=O)C2CC2)n3[C@H]2[C@@H]3C[C@H]2N(C(=O)OC(C)(C)C)C3)cc1. The van der Waals surface area contributed by atoms with Crippen LogP contribution in [0.2, 0.25) is 10.0 Å². The van der Waals surface area contributed by atoms with E-state index in [1.54, 1.807) is 35.1 Å². The molecule has 2 saturated carbocycles. The number of pyridine rings is 2. The summed E-state index contributed by atoms with van der Waals surface area (Å²) in [6, 6.07) is 16.9. The molecule has 3 aromatic heterocycles. The Hall–Kier alpha value is -6.54. The van der Waals surface area contributed by atoms with E-state index in [2.05, 4.69) is 15.6 Å². The highest BCUT2D eigenvalue weighted by Gasteiger charge is 2.58. The molecule has 0 spiro atoms. The number of carbonyl (C=O) groups is 3. The van der Waals surface area contributed by atoms with Crippen molar-refractivity contribution in [2.45, 2.75) is 115 Å². The molecule has 5 aliphatic rings. The molecule has 3 aromatic carbocycles. The van der Waals surface area contributed by atoms with Crippen molar-refractivity contribution in [2.24, 2.45) is 11.8 Å². The van der Waals surface area contributed by atoms with Gasteiger partial charge in [0.1, 0.15) is 35.3 Å². The Morgan fingerprint density at radius 3 is 2.47 bits per heavy atom. The van der Waals surface area contributed by atoms with Crippen molar-refractivity contribution in [1.29, 1.82) is 5.26 Å². The number of methoxy groups -OCH3 is 2. The zero-order valence-electron chi connectivity index (χ0n) is 41.2. The molecule has 2 bridgehead atoms. The summed E-state index contributed by atoms with van der Waals surface area (Å²) in [6.45, 7) is 7.78. The minimum absolute atomic E-state index is 0.0119. The Balaban J connectivity index is 1.24. The summed E-state index contributed by atoms with van der Waals surface area (Å²) in [6.07, 6.45) is 1.48. The van der Waals surface area contributed by atoms with Gasteiger partial charge in [0.15, 0.2) is 17.4 Å². The zero-order valence-corrected chi connectivity index (χ0v) is 42.7. The van der Waals surface area contributed by atoms with Gasteiger partial charge in [-0.05, 0) is 94.8 Å². The number of hydrogen-bond donors (Lipinski definition) is 0. The van der Waals surface area contributed by atoms with Gasteiger partial charge in [0.25, 0.3) is 0 Å². The molecule has 6 heterocycles. The molecular formula is C55H54Cl2F2N6O8. The smallest absolute Gasteiger partial charge is 0.410 e. The third-order valence-corrected chi connectivity index (χ3v) is 15.4. The number of halogens is 4. The molecule has 2 aliphatic carbocycles. The Morgan fingerprint density at radius 1 is 1.01 bits per heavy atom. The summed E-state index contributed by atoms with van der Waals surface area (Å²) in [5, 5.41) is 11.3. The predicted molar refractivity (Wildman–Crippen MR) is 269 cm³/mol. The second kappa shape index (κ2) is 19.7. The second-order valence-electron chi connectivity index (χ2n) is 20.3. The van der Waals surface area contributed by atoms with Gasteiger partial charge >= 0.3 is 6.09 Å². The number of hydrogen-bond acceptors (Lipinski definition) is 11. The molecule has 380 valence electrons. The number of likely N-dealkylation sites (tertiary alicyclic amines) is 1. The van der Waals surface area contributed by atoms with Crippen molar-refractivity contribution in [1.82, 2.24) is 24.3 Å². The van der Waals surface area contributed by atoms with Crippen LogP contribution in [0, 0.1) is 34.8 Å². The fourth-order valence-electron chi connectivity index (χ4n) is 11.0. The van der Waals surface area contributed by atoms with Gasteiger partial charge in [0, 0.05) is 64.9 Å². The molecule has 11 rings (SSSR count). The Kier molecular flexibility index (Phi) is 13.5. The minimum Gasteiger partial charge on any atom is -0.497 e. The monoisotopic (exact) mass is 1030 g/mol. The van der Waals surface area contributed by atoms with Crippen molar-refractivity contribution in [2.75, 3.05) is 20.8 Å².